The molecule has 3 amide bonds. The maximum absolute atomic E-state index is 12.4. The number of ether oxygens (including phenoxy) is 1. The van der Waals surface area contributed by atoms with Crippen molar-refractivity contribution in [2.75, 3.05) is 11.9 Å². The minimum atomic E-state index is -3.00. The third-order valence-electron chi connectivity index (χ3n) is 4.87. The minimum Gasteiger partial charge on any atom is -0.433 e. The first kappa shape index (κ1) is 18.3. The maximum Gasteiger partial charge on any atom is 0.387 e. The molecule has 1 aromatic rings. The van der Waals surface area contributed by atoms with Gasteiger partial charge in [0.2, 0.25) is 17.7 Å². The third-order valence-corrected chi connectivity index (χ3v) is 4.87. The molecule has 0 aromatic heterocycles. The highest BCUT2D eigenvalue weighted by atomic mass is 19.3. The molecule has 8 heteroatoms. The fourth-order valence-corrected chi connectivity index (χ4v) is 3.65. The number of amides is 3. The zero-order chi connectivity index (χ0) is 18.7. The van der Waals surface area contributed by atoms with Gasteiger partial charge in [0.05, 0.1) is 17.5 Å². The van der Waals surface area contributed by atoms with Crippen LogP contribution in [0.5, 0.6) is 5.75 Å². The van der Waals surface area contributed by atoms with Gasteiger partial charge in [0.15, 0.2) is 0 Å². The molecular formula is C18H20F2N2O4. The van der Waals surface area contributed by atoms with Crippen LogP contribution in [-0.2, 0) is 14.4 Å². The van der Waals surface area contributed by atoms with Crippen molar-refractivity contribution in [2.45, 2.75) is 38.7 Å². The molecule has 1 aliphatic carbocycles. The summed E-state index contributed by atoms with van der Waals surface area (Å²) in [5, 5.41) is 2.49. The Hall–Kier alpha value is -2.51. The lowest BCUT2D eigenvalue weighted by molar-refractivity contribution is -0.140. The van der Waals surface area contributed by atoms with Crippen LogP contribution in [0.2, 0.25) is 0 Å². The number of imide groups is 1. The molecule has 1 heterocycles. The molecule has 0 spiro atoms. The fourth-order valence-electron chi connectivity index (χ4n) is 3.65. The normalized spacial score (nSPS) is 22.5. The quantitative estimate of drug-likeness (QED) is 0.786. The van der Waals surface area contributed by atoms with Crippen LogP contribution in [0.4, 0.5) is 14.5 Å². The van der Waals surface area contributed by atoms with E-state index in [4.69, 9.17) is 0 Å². The predicted octanol–water partition coefficient (Wildman–Crippen LogP) is 2.79. The summed E-state index contributed by atoms with van der Waals surface area (Å²) in [6.45, 7) is -3.01. The molecule has 1 aromatic carbocycles. The molecule has 26 heavy (non-hydrogen) atoms. The van der Waals surface area contributed by atoms with Gasteiger partial charge in [0, 0.05) is 13.0 Å². The van der Waals surface area contributed by atoms with Crippen molar-refractivity contribution in [1.29, 1.82) is 0 Å². The molecule has 140 valence electrons. The van der Waals surface area contributed by atoms with Gasteiger partial charge in [-0.3, -0.25) is 19.3 Å². The fraction of sp³-hybridized carbons (Fsp3) is 0.500. The van der Waals surface area contributed by atoms with Gasteiger partial charge in [-0.25, -0.2) is 0 Å². The van der Waals surface area contributed by atoms with Crippen molar-refractivity contribution < 1.29 is 27.9 Å². The molecule has 0 radical (unpaired) electrons. The molecule has 1 aliphatic heterocycles. The number of anilines is 1. The van der Waals surface area contributed by atoms with Crippen LogP contribution in [-0.4, -0.2) is 35.8 Å². The highest BCUT2D eigenvalue weighted by Crippen LogP contribution is 2.38. The molecule has 0 bridgehead atoms. The molecule has 1 N–H and O–H groups in total. The van der Waals surface area contributed by atoms with Gasteiger partial charge in [0.1, 0.15) is 5.75 Å². The highest BCUT2D eigenvalue weighted by Gasteiger charge is 2.47. The summed E-state index contributed by atoms with van der Waals surface area (Å²) in [6.07, 6.45) is 3.22. The SMILES string of the molecule is O=C(CCN1C(=O)[C@H]2CCCC[C@H]2C1=O)Nc1ccccc1OC(F)F. The summed E-state index contributed by atoms with van der Waals surface area (Å²) in [7, 11) is 0. The molecule has 6 nitrogen and oxygen atoms in total. The summed E-state index contributed by atoms with van der Waals surface area (Å²) in [6, 6.07) is 5.85. The maximum atomic E-state index is 12.4. The molecule has 2 atom stereocenters. The van der Waals surface area contributed by atoms with Crippen LogP contribution >= 0.6 is 0 Å². The van der Waals surface area contributed by atoms with Crippen LogP contribution < -0.4 is 10.1 Å². The van der Waals surface area contributed by atoms with Gasteiger partial charge in [-0.05, 0) is 25.0 Å². The number of carbonyl (C=O) groups excluding carboxylic acids is 3. The Balaban J connectivity index is 1.58. The van der Waals surface area contributed by atoms with Crippen molar-refractivity contribution in [3.8, 4) is 5.75 Å². The van der Waals surface area contributed by atoms with E-state index in [2.05, 4.69) is 10.1 Å². The second-order valence-corrected chi connectivity index (χ2v) is 6.50. The van der Waals surface area contributed by atoms with E-state index in [0.29, 0.717) is 0 Å². The summed E-state index contributed by atoms with van der Waals surface area (Å²) in [4.78, 5) is 38.0. The standard InChI is InChI=1S/C18H20F2N2O4/c19-18(20)26-14-8-4-3-7-13(14)21-15(23)9-10-22-16(24)11-5-1-2-6-12(11)17(22)25/h3-4,7-8,11-12,18H,1-2,5-6,9-10H2,(H,21,23)/t11-,12+. The number of rotatable bonds is 6. The lowest BCUT2D eigenvalue weighted by Crippen LogP contribution is -2.34. The summed E-state index contributed by atoms with van der Waals surface area (Å²) >= 11 is 0. The van der Waals surface area contributed by atoms with E-state index in [-0.39, 0.29) is 48.1 Å². The number of alkyl halides is 2. The Bertz CT molecular complexity index is 686. The largest absolute Gasteiger partial charge is 0.433 e. The van der Waals surface area contributed by atoms with E-state index in [9.17, 15) is 23.2 Å². The van der Waals surface area contributed by atoms with Crippen molar-refractivity contribution in [3.63, 3.8) is 0 Å². The van der Waals surface area contributed by atoms with Gasteiger partial charge < -0.3 is 10.1 Å². The number of benzene rings is 1. The Morgan fingerprint density at radius 2 is 1.77 bits per heavy atom. The van der Waals surface area contributed by atoms with Crippen LogP contribution in [0.3, 0.4) is 0 Å². The topological polar surface area (TPSA) is 75.7 Å². The number of nitrogens with zero attached hydrogens (tertiary/aromatic N) is 1. The highest BCUT2D eigenvalue weighted by molar-refractivity contribution is 6.05. The lowest BCUT2D eigenvalue weighted by atomic mass is 9.81. The van der Waals surface area contributed by atoms with Crippen molar-refractivity contribution in [1.82, 2.24) is 4.90 Å². The van der Waals surface area contributed by atoms with E-state index >= 15 is 0 Å². The van der Waals surface area contributed by atoms with E-state index < -0.39 is 12.5 Å². The number of hydrogen-bond donors (Lipinski definition) is 1. The molecular weight excluding hydrogens is 346 g/mol. The van der Waals surface area contributed by atoms with Crippen LogP contribution in [0.1, 0.15) is 32.1 Å². The Morgan fingerprint density at radius 1 is 1.15 bits per heavy atom. The lowest BCUT2D eigenvalue weighted by Gasteiger charge is -2.19. The number of para-hydroxylation sites is 2. The van der Waals surface area contributed by atoms with Crippen molar-refractivity contribution in [2.24, 2.45) is 11.8 Å². The first-order valence-corrected chi connectivity index (χ1v) is 8.66. The van der Waals surface area contributed by atoms with Crippen LogP contribution in [0.15, 0.2) is 24.3 Å². The average Bonchev–Trinajstić information content (AvgIpc) is 2.86. The molecule has 1 saturated carbocycles. The average molecular weight is 366 g/mol. The second kappa shape index (κ2) is 7.80. The van der Waals surface area contributed by atoms with Crippen molar-refractivity contribution >= 4 is 23.4 Å². The summed E-state index contributed by atoms with van der Waals surface area (Å²) in [5.41, 5.74) is 0.116. The number of carbonyl (C=O) groups is 3. The Kier molecular flexibility index (Phi) is 5.49. The van der Waals surface area contributed by atoms with Gasteiger partial charge in [-0.2, -0.15) is 8.78 Å². The van der Waals surface area contributed by atoms with Gasteiger partial charge in [-0.15, -0.1) is 0 Å². The number of likely N-dealkylation sites (tertiary alicyclic amines) is 1. The zero-order valence-electron chi connectivity index (χ0n) is 14.1. The molecule has 3 rings (SSSR count). The second-order valence-electron chi connectivity index (χ2n) is 6.50. The van der Waals surface area contributed by atoms with Gasteiger partial charge in [0.25, 0.3) is 0 Å². The van der Waals surface area contributed by atoms with Gasteiger partial charge in [-0.1, -0.05) is 25.0 Å². The monoisotopic (exact) mass is 366 g/mol. The summed E-state index contributed by atoms with van der Waals surface area (Å²) in [5.74, 6) is -1.53. The molecule has 2 aliphatic rings. The van der Waals surface area contributed by atoms with Crippen LogP contribution in [0.25, 0.3) is 0 Å². The third kappa shape index (κ3) is 3.84. The first-order chi connectivity index (χ1) is 12.5. The predicted molar refractivity (Wildman–Crippen MR) is 88.5 cm³/mol. The minimum absolute atomic E-state index is 0.00558. The molecule has 2 fully saturated rings. The number of halogens is 2. The van der Waals surface area contributed by atoms with Crippen molar-refractivity contribution in [3.05, 3.63) is 24.3 Å². The number of nitrogens with one attached hydrogen (secondary N) is 1. The smallest absolute Gasteiger partial charge is 0.387 e. The number of fused-ring (bicyclic) bond motifs is 1. The van der Waals surface area contributed by atoms with E-state index in [1.54, 1.807) is 6.07 Å². The number of hydrogen-bond acceptors (Lipinski definition) is 4. The molecule has 1 saturated heterocycles. The van der Waals surface area contributed by atoms with E-state index in [1.165, 1.54) is 23.1 Å². The first-order valence-electron chi connectivity index (χ1n) is 8.66. The van der Waals surface area contributed by atoms with E-state index in [1.807, 2.05) is 0 Å². The summed E-state index contributed by atoms with van der Waals surface area (Å²) < 4.78 is 29.2. The Morgan fingerprint density at radius 3 is 2.38 bits per heavy atom. The van der Waals surface area contributed by atoms with E-state index in [0.717, 1.165) is 25.7 Å². The Labute approximate surface area is 149 Å². The zero-order valence-corrected chi connectivity index (χ0v) is 14.1. The van der Waals surface area contributed by atoms with Crippen LogP contribution in [0, 0.1) is 11.8 Å². The van der Waals surface area contributed by atoms with Gasteiger partial charge >= 0.3 is 6.61 Å². The molecule has 0 unspecified atom stereocenters.